The summed E-state index contributed by atoms with van der Waals surface area (Å²) in [5.74, 6) is -3.69. The third-order valence-electron chi connectivity index (χ3n) is 13.9. The highest BCUT2D eigenvalue weighted by Gasteiger charge is 2.42. The molecule has 3 fully saturated rings. The number of ether oxygens (including phenoxy) is 7. The maximum Gasteiger partial charge on any atom is 0.410 e. The molecule has 2 aliphatic carbocycles. The van der Waals surface area contributed by atoms with E-state index in [1.54, 1.807) is 69.4 Å². The quantitative estimate of drug-likeness (QED) is 0.0552. The summed E-state index contributed by atoms with van der Waals surface area (Å²) in [7, 11) is 4.38. The fourth-order valence-electron chi connectivity index (χ4n) is 9.05. The van der Waals surface area contributed by atoms with E-state index in [-0.39, 0.29) is 38.4 Å². The normalized spacial score (nSPS) is 16.5. The van der Waals surface area contributed by atoms with Gasteiger partial charge in [-0.05, 0) is 106 Å². The minimum Gasteiger partial charge on any atom is -0.458 e. The first-order valence-corrected chi connectivity index (χ1v) is 26.4. The molecule has 76 heavy (non-hydrogen) atoms. The van der Waals surface area contributed by atoms with Crippen LogP contribution in [0.2, 0.25) is 0 Å². The Kier molecular flexibility index (Phi) is 21.4. The van der Waals surface area contributed by atoms with Crippen LogP contribution in [0.1, 0.15) is 119 Å². The number of nitrogens with one attached hydrogen (secondary N) is 1. The second kappa shape index (κ2) is 27.6. The van der Waals surface area contributed by atoms with E-state index in [9.17, 15) is 33.6 Å². The number of carbonyl (C=O) groups excluding carboxylic acids is 7. The lowest BCUT2D eigenvalue weighted by Gasteiger charge is -2.34. The predicted molar refractivity (Wildman–Crippen MR) is 277 cm³/mol. The SMILES string of the molecule is CN[C@@H](CC1CC1)C(=O)OCC(=O)OCc1ccc(CC(C)(C)OC(=O)N(C)[C@@H](CC(C)(C)F)C(=O)O[C@H](Cc2ccc(C3CCOCC3)cc2)C(=O)N(C)[C@@H](CC2CC2)C(=O)OCC(=O)OCc2ccccc2)cc1. The maximum atomic E-state index is 15.7. The van der Waals surface area contributed by atoms with Gasteiger partial charge in [0.15, 0.2) is 19.3 Å². The second-order valence-electron chi connectivity index (χ2n) is 21.6. The van der Waals surface area contributed by atoms with Crippen LogP contribution in [-0.4, -0.2) is 135 Å². The standard InChI is InChI=1S/C58H76FN3O14/c1-57(2,59)33-48(62(7)56(69)76-58(3,4)32-41-17-19-43(20-18-41)35-72-50(63)36-73-53(66)46(60-5)29-38-13-14-38)55(68)75-49(31-40-21-23-44(24-22-40)45-25-27-70-28-26-45)52(65)61(6)47(30-39-15-16-39)54(67)74-37-51(64)71-34-42-11-9-8-10-12-42/h8-12,17-24,38-39,45-49,60H,13-16,25-37H2,1-7H3/t46-,47-,48-,49+/m0/s1. The van der Waals surface area contributed by atoms with E-state index < -0.39 is 97.0 Å². The van der Waals surface area contributed by atoms with Gasteiger partial charge in [0.05, 0.1) is 0 Å². The zero-order chi connectivity index (χ0) is 55.0. The molecule has 1 N–H and O–H groups in total. The number of hydrogen-bond acceptors (Lipinski definition) is 15. The van der Waals surface area contributed by atoms with Crippen molar-refractivity contribution in [2.75, 3.05) is 47.6 Å². The van der Waals surface area contributed by atoms with Crippen molar-refractivity contribution in [1.29, 1.82) is 0 Å². The molecule has 3 aromatic carbocycles. The summed E-state index contributed by atoms with van der Waals surface area (Å²) in [6, 6.07) is 20.5. The molecule has 3 aromatic rings. The van der Waals surface area contributed by atoms with Crippen LogP contribution in [0.15, 0.2) is 78.9 Å². The van der Waals surface area contributed by atoms with Gasteiger partial charge in [-0.25, -0.2) is 28.4 Å². The van der Waals surface area contributed by atoms with Crippen molar-refractivity contribution in [1.82, 2.24) is 15.1 Å². The first kappa shape index (κ1) is 58.9. The van der Waals surface area contributed by atoms with Crippen molar-refractivity contribution in [3.05, 3.63) is 107 Å². The van der Waals surface area contributed by atoms with Crippen molar-refractivity contribution in [2.24, 2.45) is 11.8 Å². The molecular weight excluding hydrogens is 982 g/mol. The van der Waals surface area contributed by atoms with Crippen LogP contribution in [0, 0.1) is 11.8 Å². The Labute approximate surface area is 445 Å². The average Bonchev–Trinajstić information content (AvgIpc) is 4.36. The summed E-state index contributed by atoms with van der Waals surface area (Å²) in [4.78, 5) is 96.5. The van der Waals surface area contributed by atoms with Gasteiger partial charge in [-0.15, -0.1) is 0 Å². The number of alkyl halides is 1. The van der Waals surface area contributed by atoms with E-state index >= 15 is 4.39 Å². The van der Waals surface area contributed by atoms with E-state index in [0.717, 1.165) is 60.1 Å². The molecule has 0 spiro atoms. The summed E-state index contributed by atoms with van der Waals surface area (Å²) >= 11 is 0. The Morgan fingerprint density at radius 3 is 1.75 bits per heavy atom. The third-order valence-corrected chi connectivity index (χ3v) is 13.9. The first-order valence-electron chi connectivity index (χ1n) is 26.4. The molecule has 4 atom stereocenters. The Morgan fingerprint density at radius 2 is 1.18 bits per heavy atom. The van der Waals surface area contributed by atoms with Crippen LogP contribution < -0.4 is 5.32 Å². The van der Waals surface area contributed by atoms with Crippen molar-refractivity contribution >= 4 is 41.8 Å². The Morgan fingerprint density at radius 1 is 0.645 bits per heavy atom. The van der Waals surface area contributed by atoms with Crippen LogP contribution in [0.25, 0.3) is 0 Å². The van der Waals surface area contributed by atoms with Crippen LogP contribution in [0.3, 0.4) is 0 Å². The number of benzene rings is 3. The molecular formula is C58H76FN3O14. The van der Waals surface area contributed by atoms with Crippen LogP contribution in [-0.2, 0) is 88.0 Å². The van der Waals surface area contributed by atoms with Gasteiger partial charge in [-0.1, -0.05) is 105 Å². The Balaban J connectivity index is 1.11. The Hall–Kier alpha value is -6.40. The highest BCUT2D eigenvalue weighted by molar-refractivity contribution is 5.90. The number of amides is 2. The maximum absolute atomic E-state index is 15.7. The van der Waals surface area contributed by atoms with E-state index in [1.165, 1.54) is 32.8 Å². The summed E-state index contributed by atoms with van der Waals surface area (Å²) in [5.41, 5.74) is 0.760. The molecule has 2 amide bonds. The minimum atomic E-state index is -2.00. The number of likely N-dealkylation sites (N-methyl/N-ethyl adjacent to an activating group) is 3. The fraction of sp³-hybridized carbons (Fsp3) is 0.569. The second-order valence-corrected chi connectivity index (χ2v) is 21.6. The van der Waals surface area contributed by atoms with E-state index in [4.69, 9.17) is 33.2 Å². The third kappa shape index (κ3) is 19.3. The number of esters is 5. The van der Waals surface area contributed by atoms with Gasteiger partial charge in [0.25, 0.3) is 5.91 Å². The highest BCUT2D eigenvalue weighted by atomic mass is 19.1. The van der Waals surface area contributed by atoms with Crippen molar-refractivity contribution in [3.63, 3.8) is 0 Å². The van der Waals surface area contributed by atoms with E-state index in [2.05, 4.69) is 5.32 Å². The molecule has 17 nitrogen and oxygen atoms in total. The monoisotopic (exact) mass is 1060 g/mol. The molecule has 1 aliphatic heterocycles. The zero-order valence-electron chi connectivity index (χ0n) is 45.1. The smallest absolute Gasteiger partial charge is 0.410 e. The van der Waals surface area contributed by atoms with Crippen LogP contribution in [0.5, 0.6) is 0 Å². The average molecular weight is 1060 g/mol. The summed E-state index contributed by atoms with van der Waals surface area (Å²) in [6.45, 7) is 5.91. The molecule has 1 saturated heterocycles. The van der Waals surface area contributed by atoms with Crippen molar-refractivity contribution < 1.29 is 71.1 Å². The van der Waals surface area contributed by atoms with Gasteiger partial charge < -0.3 is 43.4 Å². The number of carbonyl (C=O) groups is 7. The van der Waals surface area contributed by atoms with Gasteiger partial charge in [0.2, 0.25) is 0 Å². The van der Waals surface area contributed by atoms with Gasteiger partial charge in [-0.3, -0.25) is 14.5 Å². The predicted octanol–water partition coefficient (Wildman–Crippen LogP) is 7.52. The lowest BCUT2D eigenvalue weighted by atomic mass is 9.90. The molecule has 1 heterocycles. The number of hydrogen-bond donors (Lipinski definition) is 1. The molecule has 18 heteroatoms. The minimum absolute atomic E-state index is 0.0188. The highest BCUT2D eigenvalue weighted by Crippen LogP contribution is 2.36. The molecule has 414 valence electrons. The van der Waals surface area contributed by atoms with Crippen LogP contribution >= 0.6 is 0 Å². The topological polar surface area (TPSA) is 203 Å². The molecule has 3 aliphatic rings. The zero-order valence-corrected chi connectivity index (χ0v) is 45.1. The van der Waals surface area contributed by atoms with Crippen molar-refractivity contribution in [3.8, 4) is 0 Å². The number of halogens is 1. The largest absolute Gasteiger partial charge is 0.458 e. The lowest BCUT2D eigenvalue weighted by Crippen LogP contribution is -2.52. The van der Waals surface area contributed by atoms with Gasteiger partial charge in [-0.2, -0.15) is 0 Å². The summed E-state index contributed by atoms with van der Waals surface area (Å²) < 4.78 is 54.5. The first-order chi connectivity index (χ1) is 36.2. The van der Waals surface area contributed by atoms with Gasteiger partial charge >= 0.3 is 35.9 Å². The molecule has 0 bridgehead atoms. The Bertz CT molecular complexity index is 2410. The van der Waals surface area contributed by atoms with Crippen molar-refractivity contribution in [2.45, 2.75) is 153 Å². The molecule has 2 saturated carbocycles. The van der Waals surface area contributed by atoms with E-state index in [1.807, 2.05) is 30.3 Å². The summed E-state index contributed by atoms with van der Waals surface area (Å²) in [5, 5.41) is 2.93. The molecule has 0 radical (unpaired) electrons. The molecule has 6 rings (SSSR count). The lowest BCUT2D eigenvalue weighted by molar-refractivity contribution is -0.170. The molecule has 0 aromatic heterocycles. The van der Waals surface area contributed by atoms with Gasteiger partial charge in [0, 0.05) is 46.6 Å². The van der Waals surface area contributed by atoms with Gasteiger partial charge in [0.1, 0.15) is 42.6 Å². The number of nitrogens with zero attached hydrogens (tertiary/aromatic N) is 2. The molecule has 0 unspecified atom stereocenters. The summed E-state index contributed by atoms with van der Waals surface area (Å²) in [6.07, 6.45) is 3.52. The van der Waals surface area contributed by atoms with E-state index in [0.29, 0.717) is 42.6 Å². The fourth-order valence-corrected chi connectivity index (χ4v) is 9.05. The van der Waals surface area contributed by atoms with Crippen LogP contribution in [0.4, 0.5) is 9.18 Å². The number of rotatable bonds is 28.